The molecule has 42 valence electrons. The zero-order chi connectivity index (χ0) is 4.41. The summed E-state index contributed by atoms with van der Waals surface area (Å²) in [4.78, 5) is 10.1. The van der Waals surface area contributed by atoms with Crippen molar-refractivity contribution in [3.63, 3.8) is 0 Å². The van der Waals surface area contributed by atoms with Crippen LogP contribution in [-0.2, 0) is 4.79 Å². The molecule has 5 N–H and O–H groups in total. The third-order valence-electron chi connectivity index (χ3n) is 0.705. The third-order valence-corrected chi connectivity index (χ3v) is 0.705. The van der Waals surface area contributed by atoms with E-state index >= 15 is 0 Å². The summed E-state index contributed by atoms with van der Waals surface area (Å²) in [6.07, 6.45) is 0.625. The van der Waals surface area contributed by atoms with Gasteiger partial charge in [0.1, 0.15) is 0 Å². The summed E-state index contributed by atoms with van der Waals surface area (Å²) in [5, 5.41) is 0. The zero-order valence-corrected chi connectivity index (χ0v) is 4.03. The molecule has 0 aromatic heterocycles. The Morgan fingerprint density at radius 3 is 2.43 bits per heavy atom. The second-order valence-corrected chi connectivity index (χ2v) is 1.22. The van der Waals surface area contributed by atoms with Crippen LogP contribution < -0.4 is 17.0 Å². The van der Waals surface area contributed by atoms with Gasteiger partial charge in [0.15, 0.2) is 0 Å². The molecule has 1 amide bonds. The summed E-state index contributed by atoms with van der Waals surface area (Å²) in [5.41, 5.74) is 5.10. The lowest BCUT2D eigenvalue weighted by atomic mass is 10.5. The van der Waals surface area contributed by atoms with Crippen LogP contribution in [0.5, 0.6) is 0 Å². The van der Waals surface area contributed by atoms with Gasteiger partial charge in [0.05, 0.1) is 0 Å². The largest absolute Gasteiger partial charge is 0.344 e. The van der Waals surface area contributed by atoms with Crippen molar-refractivity contribution in [2.45, 2.75) is 6.42 Å². The van der Waals surface area contributed by atoms with Gasteiger partial charge in [-0.25, -0.2) is 5.43 Å². The van der Waals surface area contributed by atoms with Gasteiger partial charge in [0, 0.05) is 13.0 Å². The van der Waals surface area contributed by atoms with Gasteiger partial charge in [-0.15, -0.1) is 0 Å². The molecular weight excluding hydrogens is 94.1 g/mol. The molecular formula is C3H9N3O. The van der Waals surface area contributed by atoms with Crippen LogP contribution in [-0.4, -0.2) is 12.5 Å². The van der Waals surface area contributed by atoms with Crippen LogP contribution in [0, 0.1) is 0 Å². The predicted octanol–water partition coefficient (Wildman–Crippen LogP) is -0.827. The number of rotatable bonds is 0. The first-order chi connectivity index (χ1) is 2.89. The number of hydrogen-bond acceptors (Lipinski definition) is 3. The average molecular weight is 103 g/mol. The molecule has 4 nitrogen and oxygen atoms in total. The fourth-order valence-corrected chi connectivity index (χ4v) is 0.400. The van der Waals surface area contributed by atoms with Crippen LogP contribution in [0.1, 0.15) is 6.42 Å². The normalized spacial score (nSPS) is 18.0. The van der Waals surface area contributed by atoms with E-state index in [9.17, 15) is 4.79 Å². The number of carbonyl (C=O) groups is 1. The lowest BCUT2D eigenvalue weighted by molar-refractivity contribution is -0.119. The maximum Gasteiger partial charge on any atom is 0.235 e. The highest BCUT2D eigenvalue weighted by Gasteiger charge is 2.04. The molecule has 1 fully saturated rings. The van der Waals surface area contributed by atoms with Gasteiger partial charge in [0.2, 0.25) is 5.91 Å². The van der Waals surface area contributed by atoms with E-state index in [0.717, 1.165) is 6.54 Å². The highest BCUT2D eigenvalue weighted by atomic mass is 16.2. The summed E-state index contributed by atoms with van der Waals surface area (Å²) in [6.45, 7) is 0.777. The number of nitrogens with one attached hydrogen (secondary N) is 2. The van der Waals surface area contributed by atoms with E-state index < -0.39 is 0 Å². The van der Waals surface area contributed by atoms with E-state index in [-0.39, 0.29) is 12.1 Å². The minimum absolute atomic E-state index is 0. The number of amides is 1. The van der Waals surface area contributed by atoms with Gasteiger partial charge in [-0.1, -0.05) is 0 Å². The van der Waals surface area contributed by atoms with E-state index in [2.05, 4.69) is 10.9 Å². The second kappa shape index (κ2) is 2.54. The predicted molar refractivity (Wildman–Crippen MR) is 25.8 cm³/mol. The van der Waals surface area contributed by atoms with Gasteiger partial charge in [0.25, 0.3) is 0 Å². The summed E-state index contributed by atoms with van der Waals surface area (Å²) >= 11 is 0. The minimum Gasteiger partial charge on any atom is -0.344 e. The molecule has 1 saturated heterocycles. The molecule has 1 rings (SSSR count). The van der Waals surface area contributed by atoms with Crippen LogP contribution in [0.25, 0.3) is 0 Å². The molecule has 0 bridgehead atoms. The second-order valence-electron chi connectivity index (χ2n) is 1.22. The summed E-state index contributed by atoms with van der Waals surface area (Å²) in [7, 11) is 0. The third kappa shape index (κ3) is 1.52. The molecule has 0 unspecified atom stereocenters. The van der Waals surface area contributed by atoms with E-state index in [0.29, 0.717) is 6.42 Å². The molecule has 1 heterocycles. The molecule has 0 atom stereocenters. The van der Waals surface area contributed by atoms with Crippen molar-refractivity contribution in [2.75, 3.05) is 6.54 Å². The van der Waals surface area contributed by atoms with Crippen molar-refractivity contribution in [3.05, 3.63) is 0 Å². The van der Waals surface area contributed by atoms with Crippen LogP contribution in [0.3, 0.4) is 0 Å². The van der Waals surface area contributed by atoms with Crippen molar-refractivity contribution >= 4 is 5.91 Å². The maximum absolute atomic E-state index is 10.1. The molecule has 4 heteroatoms. The van der Waals surface area contributed by atoms with Crippen molar-refractivity contribution in [1.82, 2.24) is 17.0 Å². The van der Waals surface area contributed by atoms with E-state index in [4.69, 9.17) is 0 Å². The highest BCUT2D eigenvalue weighted by Crippen LogP contribution is 1.79. The Kier molecular flexibility index (Phi) is 2.32. The number of hydrogen-bond donors (Lipinski definition) is 3. The first-order valence-corrected chi connectivity index (χ1v) is 1.91. The summed E-state index contributed by atoms with van der Waals surface area (Å²) in [5.74, 6) is 0.0926. The molecule has 1 aliphatic heterocycles. The Hall–Kier alpha value is -0.610. The molecule has 0 aliphatic carbocycles. The number of hydrazine groups is 1. The Labute approximate surface area is 41.8 Å². The monoisotopic (exact) mass is 103 g/mol. The smallest absolute Gasteiger partial charge is 0.235 e. The fraction of sp³-hybridized carbons (Fsp3) is 0.667. The van der Waals surface area contributed by atoms with Crippen molar-refractivity contribution in [2.24, 2.45) is 0 Å². The summed E-state index contributed by atoms with van der Waals surface area (Å²) in [6, 6.07) is 0. The van der Waals surface area contributed by atoms with Gasteiger partial charge in [-0.2, -0.15) is 0 Å². The Morgan fingerprint density at radius 1 is 1.57 bits per heavy atom. The van der Waals surface area contributed by atoms with Gasteiger partial charge in [-0.05, 0) is 0 Å². The van der Waals surface area contributed by atoms with E-state index in [1.54, 1.807) is 0 Å². The zero-order valence-electron chi connectivity index (χ0n) is 4.03. The molecule has 7 heavy (non-hydrogen) atoms. The molecule has 0 radical (unpaired) electrons. The Balaban J connectivity index is 0.000000360. The maximum atomic E-state index is 10.1. The molecule has 0 spiro atoms. The lowest BCUT2D eigenvalue weighted by Gasteiger charge is -1.83. The van der Waals surface area contributed by atoms with E-state index in [1.165, 1.54) is 0 Å². The van der Waals surface area contributed by atoms with Crippen molar-refractivity contribution in [3.8, 4) is 0 Å². The lowest BCUT2D eigenvalue weighted by Crippen LogP contribution is -2.25. The first-order valence-electron chi connectivity index (χ1n) is 1.91. The first kappa shape index (κ1) is 6.39. The van der Waals surface area contributed by atoms with Crippen LogP contribution in [0.2, 0.25) is 0 Å². The van der Waals surface area contributed by atoms with Crippen LogP contribution in [0.4, 0.5) is 0 Å². The average Bonchev–Trinajstić information content (AvgIpc) is 1.86. The minimum atomic E-state index is 0. The van der Waals surface area contributed by atoms with Crippen molar-refractivity contribution in [1.29, 1.82) is 0 Å². The fourth-order valence-electron chi connectivity index (χ4n) is 0.400. The highest BCUT2D eigenvalue weighted by molar-refractivity contribution is 5.77. The van der Waals surface area contributed by atoms with Crippen LogP contribution >= 0.6 is 0 Å². The molecule has 0 aromatic carbocycles. The Morgan fingerprint density at radius 2 is 2.29 bits per heavy atom. The molecule has 1 aliphatic rings. The SMILES string of the molecule is N.O=C1CCNN1. The molecule has 0 aromatic rings. The van der Waals surface area contributed by atoms with Crippen molar-refractivity contribution < 1.29 is 4.79 Å². The number of carbonyl (C=O) groups excluding carboxylic acids is 1. The van der Waals surface area contributed by atoms with Gasteiger partial charge >= 0.3 is 0 Å². The van der Waals surface area contributed by atoms with Gasteiger partial charge < -0.3 is 6.15 Å². The summed E-state index contributed by atoms with van der Waals surface area (Å²) < 4.78 is 0. The molecule has 0 saturated carbocycles. The topological polar surface area (TPSA) is 76.1 Å². The Bertz CT molecular complexity index is 64.6. The van der Waals surface area contributed by atoms with E-state index in [1.807, 2.05) is 0 Å². The quantitative estimate of drug-likeness (QED) is 0.374. The standard InChI is InChI=1S/C3H6N2O.H3N/c6-3-1-2-4-5-3;/h4H,1-2H2,(H,5,6);1H3. The van der Waals surface area contributed by atoms with Gasteiger partial charge in [-0.3, -0.25) is 10.2 Å². The van der Waals surface area contributed by atoms with Crippen LogP contribution in [0.15, 0.2) is 0 Å².